The summed E-state index contributed by atoms with van der Waals surface area (Å²) in [7, 11) is 0. The molecule has 0 heterocycles. The highest BCUT2D eigenvalue weighted by Gasteiger charge is 2.07. The Morgan fingerprint density at radius 2 is 1.05 bits per heavy atom. The third-order valence-corrected chi connectivity index (χ3v) is 4.15. The van der Waals surface area contributed by atoms with Crippen molar-refractivity contribution in [2.75, 3.05) is 0 Å². The van der Waals surface area contributed by atoms with Gasteiger partial charge in [0.05, 0.1) is 6.10 Å². The summed E-state index contributed by atoms with van der Waals surface area (Å²) in [6, 6.07) is 0. The molecule has 0 saturated carbocycles. The van der Waals surface area contributed by atoms with E-state index in [-0.39, 0.29) is 0 Å². The lowest BCUT2D eigenvalue weighted by atomic mass is 10.0. The van der Waals surface area contributed by atoms with Crippen molar-refractivity contribution in [1.29, 1.82) is 0 Å². The molecule has 0 fully saturated rings. The summed E-state index contributed by atoms with van der Waals surface area (Å²) in [5, 5.41) is 18.5. The van der Waals surface area contributed by atoms with Crippen LogP contribution in [0.15, 0.2) is 0 Å². The third-order valence-electron chi connectivity index (χ3n) is 4.15. The molecular weight excluding hydrogens is 262 g/mol. The maximum Gasteiger partial charge on any atom is 0.104 e. The lowest BCUT2D eigenvalue weighted by Gasteiger charge is -2.11. The Hall–Kier alpha value is -0.120. The Morgan fingerprint density at radius 3 is 1.43 bits per heavy atom. The van der Waals surface area contributed by atoms with Gasteiger partial charge in [-0.2, -0.15) is 0 Å². The van der Waals surface area contributed by atoms with Gasteiger partial charge in [0.1, 0.15) is 6.23 Å². The van der Waals surface area contributed by atoms with Crippen molar-refractivity contribution >= 4 is 0 Å². The van der Waals surface area contributed by atoms with Crippen LogP contribution in [0, 0.1) is 0 Å². The second-order valence-corrected chi connectivity index (χ2v) is 6.49. The highest BCUT2D eigenvalue weighted by atomic mass is 16.3. The molecule has 2 atom stereocenters. The molecule has 0 aromatic rings. The van der Waals surface area contributed by atoms with Crippen molar-refractivity contribution in [3.8, 4) is 0 Å². The first kappa shape index (κ1) is 20.9. The normalized spacial score (nSPS) is 14.3. The van der Waals surface area contributed by atoms with Gasteiger partial charge < -0.3 is 15.9 Å². The van der Waals surface area contributed by atoms with E-state index in [9.17, 15) is 5.11 Å². The molecule has 0 radical (unpaired) electrons. The average Bonchev–Trinajstić information content (AvgIpc) is 2.43. The van der Waals surface area contributed by atoms with E-state index in [2.05, 4.69) is 6.92 Å². The minimum Gasteiger partial charge on any atom is -0.393 e. The Kier molecular flexibility index (Phi) is 16.2. The topological polar surface area (TPSA) is 66.5 Å². The summed E-state index contributed by atoms with van der Waals surface area (Å²) in [5.74, 6) is 0. The van der Waals surface area contributed by atoms with Gasteiger partial charge in [0.15, 0.2) is 0 Å². The van der Waals surface area contributed by atoms with E-state index in [1.54, 1.807) is 0 Å². The fraction of sp³-hybridized carbons (Fsp3) is 1.00. The van der Waals surface area contributed by atoms with E-state index in [1.165, 1.54) is 77.0 Å². The van der Waals surface area contributed by atoms with Gasteiger partial charge in [-0.1, -0.05) is 90.4 Å². The first-order valence-electron chi connectivity index (χ1n) is 9.28. The highest BCUT2D eigenvalue weighted by Crippen LogP contribution is 2.13. The zero-order valence-electron chi connectivity index (χ0n) is 14.2. The fourth-order valence-corrected chi connectivity index (χ4v) is 2.79. The predicted molar refractivity (Wildman–Crippen MR) is 91.1 cm³/mol. The van der Waals surface area contributed by atoms with Gasteiger partial charge in [0, 0.05) is 6.42 Å². The van der Waals surface area contributed by atoms with Crippen LogP contribution in [0.25, 0.3) is 0 Å². The molecule has 3 nitrogen and oxygen atoms in total. The fourth-order valence-electron chi connectivity index (χ4n) is 2.79. The second kappa shape index (κ2) is 16.3. The number of rotatable bonds is 16. The van der Waals surface area contributed by atoms with Gasteiger partial charge >= 0.3 is 0 Å². The number of aliphatic hydroxyl groups is 2. The number of hydrogen-bond acceptors (Lipinski definition) is 3. The van der Waals surface area contributed by atoms with E-state index in [1.807, 2.05) is 0 Å². The van der Waals surface area contributed by atoms with Gasteiger partial charge in [-0.15, -0.1) is 0 Å². The molecule has 0 bridgehead atoms. The number of unbranched alkanes of at least 4 members (excludes halogenated alkanes) is 12. The zero-order valence-corrected chi connectivity index (χ0v) is 14.2. The predicted octanol–water partition coefficient (Wildman–Crippen LogP) is 4.50. The maximum atomic E-state index is 9.56. The molecule has 0 aliphatic rings. The summed E-state index contributed by atoms with van der Waals surface area (Å²) in [4.78, 5) is 0. The Morgan fingerprint density at radius 1 is 0.667 bits per heavy atom. The monoisotopic (exact) mass is 301 g/mol. The molecule has 128 valence electrons. The van der Waals surface area contributed by atoms with Crippen LogP contribution in [0.1, 0.15) is 103 Å². The van der Waals surface area contributed by atoms with Gasteiger partial charge in [0.25, 0.3) is 0 Å². The molecule has 0 aliphatic heterocycles. The van der Waals surface area contributed by atoms with E-state index >= 15 is 0 Å². The first-order valence-corrected chi connectivity index (χ1v) is 9.28. The van der Waals surface area contributed by atoms with Crippen LogP contribution >= 0.6 is 0 Å². The van der Waals surface area contributed by atoms with Gasteiger partial charge in [-0.25, -0.2) is 0 Å². The number of aliphatic hydroxyl groups excluding tert-OH is 2. The average molecular weight is 302 g/mol. The van der Waals surface area contributed by atoms with Crippen LogP contribution in [0.4, 0.5) is 0 Å². The second-order valence-electron chi connectivity index (χ2n) is 6.49. The quantitative estimate of drug-likeness (QED) is 0.290. The molecule has 0 aromatic heterocycles. The third kappa shape index (κ3) is 17.8. The van der Waals surface area contributed by atoms with Gasteiger partial charge in [-0.05, 0) is 6.42 Å². The smallest absolute Gasteiger partial charge is 0.104 e. The standard InChI is InChI=1S/C18H39NO2/c1-2-3-4-5-6-7-8-9-10-11-12-13-14-15-17(20)16-18(19)21/h17-18,20-21H,2-16,19H2,1H3/t17-,18-/m0/s1. The number of nitrogens with two attached hydrogens (primary N) is 1. The lowest BCUT2D eigenvalue weighted by molar-refractivity contribution is 0.0775. The van der Waals surface area contributed by atoms with Crippen LogP contribution in [0.3, 0.4) is 0 Å². The van der Waals surface area contributed by atoms with Crippen LogP contribution < -0.4 is 5.73 Å². The summed E-state index contributed by atoms with van der Waals surface area (Å²) in [6.07, 6.45) is 17.2. The zero-order chi connectivity index (χ0) is 15.8. The van der Waals surface area contributed by atoms with E-state index in [0.717, 1.165) is 12.8 Å². The summed E-state index contributed by atoms with van der Waals surface area (Å²) in [6.45, 7) is 2.27. The molecule has 0 rings (SSSR count). The van der Waals surface area contributed by atoms with Crippen molar-refractivity contribution in [3.05, 3.63) is 0 Å². The van der Waals surface area contributed by atoms with E-state index in [0.29, 0.717) is 6.42 Å². The molecular formula is C18H39NO2. The highest BCUT2D eigenvalue weighted by molar-refractivity contribution is 4.59. The van der Waals surface area contributed by atoms with E-state index in [4.69, 9.17) is 10.8 Å². The van der Waals surface area contributed by atoms with Crippen molar-refractivity contribution < 1.29 is 10.2 Å². The minimum absolute atomic E-state index is 0.304. The van der Waals surface area contributed by atoms with E-state index < -0.39 is 12.3 Å². The molecule has 0 saturated heterocycles. The maximum absolute atomic E-state index is 9.56. The van der Waals surface area contributed by atoms with Crippen LogP contribution in [0.5, 0.6) is 0 Å². The first-order chi connectivity index (χ1) is 10.2. The Balaban J connectivity index is 3.05. The SMILES string of the molecule is CCCCCCCCCCCCCCC[C@H](O)C[C@@H](N)O. The van der Waals surface area contributed by atoms with Crippen LogP contribution in [-0.2, 0) is 0 Å². The Bertz CT molecular complexity index is 198. The molecule has 0 aromatic carbocycles. The summed E-state index contributed by atoms with van der Waals surface area (Å²) < 4.78 is 0. The van der Waals surface area contributed by atoms with Crippen molar-refractivity contribution in [1.82, 2.24) is 0 Å². The molecule has 0 unspecified atom stereocenters. The lowest BCUT2D eigenvalue weighted by Crippen LogP contribution is -2.25. The van der Waals surface area contributed by atoms with Gasteiger partial charge in [0.2, 0.25) is 0 Å². The molecule has 0 amide bonds. The van der Waals surface area contributed by atoms with Gasteiger partial charge in [-0.3, -0.25) is 0 Å². The van der Waals surface area contributed by atoms with Crippen LogP contribution in [-0.4, -0.2) is 22.5 Å². The molecule has 0 aliphatic carbocycles. The molecule has 21 heavy (non-hydrogen) atoms. The van der Waals surface area contributed by atoms with Crippen molar-refractivity contribution in [2.45, 2.75) is 116 Å². The largest absolute Gasteiger partial charge is 0.393 e. The minimum atomic E-state index is -0.873. The summed E-state index contributed by atoms with van der Waals surface area (Å²) in [5.41, 5.74) is 5.23. The van der Waals surface area contributed by atoms with Crippen LogP contribution in [0.2, 0.25) is 0 Å². The molecule has 3 heteroatoms. The number of hydrogen-bond donors (Lipinski definition) is 3. The van der Waals surface area contributed by atoms with Crippen molar-refractivity contribution in [2.24, 2.45) is 5.73 Å². The molecule has 4 N–H and O–H groups in total. The summed E-state index contributed by atoms with van der Waals surface area (Å²) >= 11 is 0. The Labute approximate surface area is 132 Å². The molecule has 0 spiro atoms. The van der Waals surface area contributed by atoms with Crippen molar-refractivity contribution in [3.63, 3.8) is 0 Å².